The van der Waals surface area contributed by atoms with Crippen molar-refractivity contribution >= 4 is 11.8 Å². The molecule has 1 saturated carbocycles. The van der Waals surface area contributed by atoms with Crippen LogP contribution in [-0.4, -0.2) is 42.7 Å². The summed E-state index contributed by atoms with van der Waals surface area (Å²) >= 11 is 0. The van der Waals surface area contributed by atoms with Gasteiger partial charge in [-0.2, -0.15) is 0 Å². The molecule has 2 N–H and O–H groups in total. The van der Waals surface area contributed by atoms with Crippen molar-refractivity contribution in [3.05, 3.63) is 54.2 Å². The molecule has 1 saturated heterocycles. The molecule has 2 aromatic rings. The van der Waals surface area contributed by atoms with Gasteiger partial charge in [0.1, 0.15) is 11.6 Å². The molecule has 6 nitrogen and oxygen atoms in total. The van der Waals surface area contributed by atoms with Crippen molar-refractivity contribution in [2.24, 2.45) is 4.99 Å². The highest BCUT2D eigenvalue weighted by atomic mass is 16.5. The third-order valence-corrected chi connectivity index (χ3v) is 5.88. The first kappa shape index (κ1) is 20.5. The van der Waals surface area contributed by atoms with E-state index < -0.39 is 0 Å². The predicted molar refractivity (Wildman–Crippen MR) is 122 cm³/mol. The number of hydrogen-bond donors (Lipinski definition) is 2. The van der Waals surface area contributed by atoms with Crippen LogP contribution in [0.1, 0.15) is 44.6 Å². The summed E-state index contributed by atoms with van der Waals surface area (Å²) in [6, 6.07) is 14.8. The number of ether oxygens (including phenoxy) is 1. The quantitative estimate of drug-likeness (QED) is 0.541. The highest BCUT2D eigenvalue weighted by molar-refractivity contribution is 5.80. The van der Waals surface area contributed by atoms with Gasteiger partial charge in [-0.3, -0.25) is 0 Å². The molecule has 30 heavy (non-hydrogen) atoms. The predicted octanol–water partition coefficient (Wildman–Crippen LogP) is 3.74. The van der Waals surface area contributed by atoms with Crippen molar-refractivity contribution in [2.45, 2.75) is 57.7 Å². The first-order valence-corrected chi connectivity index (χ1v) is 11.3. The monoisotopic (exact) mass is 407 g/mol. The van der Waals surface area contributed by atoms with Crippen LogP contribution in [0.5, 0.6) is 5.75 Å². The van der Waals surface area contributed by atoms with Crippen molar-refractivity contribution in [1.82, 2.24) is 15.6 Å². The SMILES string of the molecule is CCNC(=NCc1ccccc1OC1CCC1)NC1CCN(c2ccccn2)CC1. The first-order chi connectivity index (χ1) is 14.8. The number of hydrogen-bond acceptors (Lipinski definition) is 4. The molecule has 1 aromatic heterocycles. The summed E-state index contributed by atoms with van der Waals surface area (Å²) in [5, 5.41) is 7.03. The minimum absolute atomic E-state index is 0.380. The molecule has 0 bridgehead atoms. The number of aromatic nitrogens is 1. The summed E-state index contributed by atoms with van der Waals surface area (Å²) in [6.45, 7) is 5.58. The van der Waals surface area contributed by atoms with Gasteiger partial charge in [0.2, 0.25) is 0 Å². The fourth-order valence-corrected chi connectivity index (χ4v) is 3.89. The summed E-state index contributed by atoms with van der Waals surface area (Å²) in [6.07, 6.45) is 7.99. The van der Waals surface area contributed by atoms with E-state index in [1.165, 1.54) is 19.3 Å². The zero-order chi connectivity index (χ0) is 20.6. The average Bonchev–Trinajstić information content (AvgIpc) is 2.76. The number of rotatable bonds is 7. The van der Waals surface area contributed by atoms with Gasteiger partial charge in [-0.15, -0.1) is 0 Å². The second-order valence-corrected chi connectivity index (χ2v) is 8.07. The Balaban J connectivity index is 1.33. The molecular weight excluding hydrogens is 374 g/mol. The molecule has 6 heteroatoms. The number of para-hydroxylation sites is 1. The number of piperidine rings is 1. The third-order valence-electron chi connectivity index (χ3n) is 5.88. The largest absolute Gasteiger partial charge is 0.490 e. The number of guanidine groups is 1. The van der Waals surface area contributed by atoms with Gasteiger partial charge >= 0.3 is 0 Å². The van der Waals surface area contributed by atoms with Gasteiger partial charge in [0.05, 0.1) is 12.6 Å². The molecule has 1 aliphatic heterocycles. The lowest BCUT2D eigenvalue weighted by Gasteiger charge is -2.33. The van der Waals surface area contributed by atoms with Gasteiger partial charge in [0.15, 0.2) is 5.96 Å². The summed E-state index contributed by atoms with van der Waals surface area (Å²) in [4.78, 5) is 11.7. The summed E-state index contributed by atoms with van der Waals surface area (Å²) in [5.41, 5.74) is 1.14. The Morgan fingerprint density at radius 1 is 1.10 bits per heavy atom. The zero-order valence-corrected chi connectivity index (χ0v) is 17.9. The number of nitrogens with one attached hydrogen (secondary N) is 2. The van der Waals surface area contributed by atoms with Crippen LogP contribution in [0, 0.1) is 0 Å². The van der Waals surface area contributed by atoms with E-state index >= 15 is 0 Å². The molecular formula is C24H33N5O. The molecule has 2 fully saturated rings. The van der Waals surface area contributed by atoms with Gasteiger partial charge in [-0.05, 0) is 57.2 Å². The lowest BCUT2D eigenvalue weighted by atomic mass is 9.96. The van der Waals surface area contributed by atoms with Crippen LogP contribution >= 0.6 is 0 Å². The van der Waals surface area contributed by atoms with Gasteiger partial charge in [-0.25, -0.2) is 9.98 Å². The van der Waals surface area contributed by atoms with E-state index in [0.717, 1.165) is 55.6 Å². The second-order valence-electron chi connectivity index (χ2n) is 8.07. The smallest absolute Gasteiger partial charge is 0.191 e. The fraction of sp³-hybridized carbons (Fsp3) is 0.500. The van der Waals surface area contributed by atoms with Crippen molar-refractivity contribution in [3.8, 4) is 5.75 Å². The number of anilines is 1. The standard InChI is InChI=1S/C24H33N5O/c1-2-25-24(27-18-19-8-3-4-11-22(19)30-21-9-7-10-21)28-20-13-16-29(17-14-20)23-12-5-6-15-26-23/h3-6,8,11-12,15,20-21H,2,7,9-10,13-14,16-18H2,1H3,(H2,25,27,28). The van der Waals surface area contributed by atoms with Gasteiger partial charge in [0, 0.05) is 37.4 Å². The van der Waals surface area contributed by atoms with Crippen molar-refractivity contribution in [1.29, 1.82) is 0 Å². The summed E-state index contributed by atoms with van der Waals surface area (Å²) in [7, 11) is 0. The van der Waals surface area contributed by atoms with E-state index in [1.54, 1.807) is 0 Å². The fourth-order valence-electron chi connectivity index (χ4n) is 3.89. The van der Waals surface area contributed by atoms with E-state index in [1.807, 2.05) is 18.3 Å². The highest BCUT2D eigenvalue weighted by Crippen LogP contribution is 2.28. The molecule has 2 heterocycles. The summed E-state index contributed by atoms with van der Waals surface area (Å²) < 4.78 is 6.16. The number of nitrogens with zero attached hydrogens (tertiary/aromatic N) is 3. The Morgan fingerprint density at radius 3 is 2.60 bits per heavy atom. The van der Waals surface area contributed by atoms with Gasteiger partial charge < -0.3 is 20.3 Å². The minimum Gasteiger partial charge on any atom is -0.490 e. The van der Waals surface area contributed by atoms with E-state index in [2.05, 4.69) is 57.8 Å². The highest BCUT2D eigenvalue weighted by Gasteiger charge is 2.22. The lowest BCUT2D eigenvalue weighted by molar-refractivity contribution is 0.119. The number of benzene rings is 1. The van der Waals surface area contributed by atoms with E-state index in [4.69, 9.17) is 9.73 Å². The van der Waals surface area contributed by atoms with Crippen LogP contribution in [0.2, 0.25) is 0 Å². The Labute approximate surface area is 179 Å². The zero-order valence-electron chi connectivity index (χ0n) is 17.9. The van der Waals surface area contributed by atoms with E-state index in [0.29, 0.717) is 18.7 Å². The third kappa shape index (κ3) is 5.43. The molecule has 1 aliphatic carbocycles. The maximum atomic E-state index is 6.16. The van der Waals surface area contributed by atoms with Gasteiger partial charge in [0.25, 0.3) is 0 Å². The maximum Gasteiger partial charge on any atom is 0.191 e. The molecule has 1 aromatic carbocycles. The lowest BCUT2D eigenvalue weighted by Crippen LogP contribution is -2.48. The van der Waals surface area contributed by atoms with E-state index in [9.17, 15) is 0 Å². The molecule has 0 radical (unpaired) electrons. The molecule has 4 rings (SSSR count). The van der Waals surface area contributed by atoms with Crippen LogP contribution in [0.4, 0.5) is 5.82 Å². The molecule has 0 amide bonds. The van der Waals surface area contributed by atoms with Crippen LogP contribution in [0.3, 0.4) is 0 Å². The first-order valence-electron chi connectivity index (χ1n) is 11.3. The maximum absolute atomic E-state index is 6.16. The molecule has 0 atom stereocenters. The van der Waals surface area contributed by atoms with Crippen molar-refractivity contribution in [2.75, 3.05) is 24.5 Å². The Bertz CT molecular complexity index is 813. The van der Waals surface area contributed by atoms with Crippen molar-refractivity contribution < 1.29 is 4.74 Å². The Hall–Kier alpha value is -2.76. The van der Waals surface area contributed by atoms with Crippen molar-refractivity contribution in [3.63, 3.8) is 0 Å². The van der Waals surface area contributed by atoms with Gasteiger partial charge in [-0.1, -0.05) is 24.3 Å². The number of aliphatic imine (C=N–C) groups is 1. The average molecular weight is 408 g/mol. The van der Waals surface area contributed by atoms with Crippen LogP contribution in [-0.2, 0) is 6.54 Å². The minimum atomic E-state index is 0.380. The van der Waals surface area contributed by atoms with Crippen LogP contribution < -0.4 is 20.3 Å². The molecule has 0 spiro atoms. The normalized spacial score (nSPS) is 18.0. The Morgan fingerprint density at radius 2 is 1.90 bits per heavy atom. The molecule has 0 unspecified atom stereocenters. The van der Waals surface area contributed by atoms with Crippen LogP contribution in [0.25, 0.3) is 0 Å². The summed E-state index contributed by atoms with van der Waals surface area (Å²) in [5.74, 6) is 2.93. The molecule has 2 aliphatic rings. The second kappa shape index (κ2) is 10.3. The van der Waals surface area contributed by atoms with Crippen LogP contribution in [0.15, 0.2) is 53.7 Å². The van der Waals surface area contributed by atoms with E-state index in [-0.39, 0.29) is 0 Å². The topological polar surface area (TPSA) is 61.8 Å². The number of pyridine rings is 1. The Kier molecular flexibility index (Phi) is 7.06. The molecule has 160 valence electrons.